The van der Waals surface area contributed by atoms with Crippen molar-refractivity contribution in [1.29, 1.82) is 0 Å². The predicted molar refractivity (Wildman–Crippen MR) is 183 cm³/mol. The summed E-state index contributed by atoms with van der Waals surface area (Å²) < 4.78 is 76.9. The number of alkyl halides is 2. The molecule has 17 heteroatoms. The van der Waals surface area contributed by atoms with Crippen LogP contribution < -0.4 is 18.8 Å². The number of morpholine rings is 1. The van der Waals surface area contributed by atoms with Gasteiger partial charge in [0.05, 0.1) is 30.8 Å². The van der Waals surface area contributed by atoms with E-state index in [1.54, 1.807) is 0 Å². The Bertz CT molecular complexity index is 1770. The van der Waals surface area contributed by atoms with Crippen molar-refractivity contribution in [3.8, 4) is 17.2 Å². The minimum absolute atomic E-state index is 0. The summed E-state index contributed by atoms with van der Waals surface area (Å²) in [5, 5.41) is 10.8. The molecule has 1 saturated heterocycles. The molecule has 3 N–H and O–H groups in total. The summed E-state index contributed by atoms with van der Waals surface area (Å²) in [6.45, 7) is 0.238. The van der Waals surface area contributed by atoms with E-state index in [1.165, 1.54) is 53.1 Å². The van der Waals surface area contributed by atoms with Gasteiger partial charge in [-0.2, -0.15) is 8.78 Å². The molecule has 0 amide bonds. The van der Waals surface area contributed by atoms with Crippen LogP contribution in [0.5, 0.6) is 17.2 Å². The Morgan fingerprint density at radius 1 is 1.04 bits per heavy atom. The third-order valence-corrected chi connectivity index (χ3v) is 11.8. The number of carbonyl (C=O) groups is 1. The van der Waals surface area contributed by atoms with Gasteiger partial charge in [0.2, 0.25) is 10.0 Å². The molecule has 2 heterocycles. The highest BCUT2D eigenvalue weighted by molar-refractivity contribution is 7.93. The van der Waals surface area contributed by atoms with Crippen molar-refractivity contribution < 1.29 is 56.5 Å². The van der Waals surface area contributed by atoms with Crippen LogP contribution in [0.15, 0.2) is 48.8 Å². The summed E-state index contributed by atoms with van der Waals surface area (Å²) in [6, 6.07) is 8.23. The number of nitrogens with zero attached hydrogens (tertiary/aromatic N) is 2. The van der Waals surface area contributed by atoms with Crippen LogP contribution in [0.3, 0.4) is 0 Å². The third-order valence-electron chi connectivity index (χ3n) is 8.83. The van der Waals surface area contributed by atoms with Crippen molar-refractivity contribution in [1.82, 2.24) is 4.90 Å². The lowest BCUT2D eigenvalue weighted by atomic mass is 10.0. The van der Waals surface area contributed by atoms with E-state index in [-0.39, 0.29) is 51.2 Å². The summed E-state index contributed by atoms with van der Waals surface area (Å²) >= 11 is 12.9. The second kappa shape index (κ2) is 16.9. The van der Waals surface area contributed by atoms with Crippen molar-refractivity contribution in [2.75, 3.05) is 50.3 Å². The van der Waals surface area contributed by atoms with E-state index >= 15 is 0 Å². The van der Waals surface area contributed by atoms with Gasteiger partial charge in [0, 0.05) is 38.2 Å². The van der Waals surface area contributed by atoms with E-state index in [4.69, 9.17) is 37.4 Å². The fraction of sp³-hybridized carbons (Fsp3) is 0.471. The quantitative estimate of drug-likeness (QED) is 0.184. The number of sulfonamides is 1. The topological polar surface area (TPSA) is 159 Å². The number of H-pyrrole nitrogens is 1. The first-order chi connectivity index (χ1) is 24.0. The average molecular weight is 775 g/mol. The lowest BCUT2D eigenvalue weighted by Crippen LogP contribution is -2.44. The third kappa shape index (κ3) is 9.90. The molecule has 3 aromatic rings. The molecule has 0 bridgehead atoms. The highest BCUT2D eigenvalue weighted by Gasteiger charge is 2.41. The molecule has 2 saturated carbocycles. The largest absolute Gasteiger partial charge is 0.870 e. The summed E-state index contributed by atoms with van der Waals surface area (Å²) in [5.41, 5.74) is 0.725. The van der Waals surface area contributed by atoms with Crippen LogP contribution in [0.2, 0.25) is 10.0 Å². The van der Waals surface area contributed by atoms with Gasteiger partial charge in [-0.25, -0.2) is 18.2 Å². The molecule has 6 rings (SSSR count). The summed E-state index contributed by atoms with van der Waals surface area (Å²) in [5.74, 6) is -1.22. The fourth-order valence-corrected chi connectivity index (χ4v) is 8.02. The van der Waals surface area contributed by atoms with E-state index in [2.05, 4.69) is 14.6 Å². The number of phenolic OH excluding ortho intramolecular Hbond substituents is 1. The number of carbonyl (C=O) groups excluding carboxylic acids is 1. The SMILES string of the molecule is O=C(O[C@@H](Cc1c(Cl)c[nH+]cc1Cl)c1ccc(OC(F)F)c(OCC2CC2)c1)c1cc(N(CCN2CCOCC2)S(=O)(=O)C2CC2)ccc1O.[OH-]. The number of halogens is 4. The highest BCUT2D eigenvalue weighted by atomic mass is 35.5. The molecule has 2 aromatic carbocycles. The first kappa shape index (κ1) is 38.8. The van der Waals surface area contributed by atoms with E-state index in [9.17, 15) is 27.1 Å². The first-order valence-electron chi connectivity index (χ1n) is 16.4. The number of hydrogen-bond donors (Lipinski definition) is 1. The molecule has 1 aromatic heterocycles. The van der Waals surface area contributed by atoms with Gasteiger partial charge in [-0.3, -0.25) is 9.21 Å². The second-order valence-electron chi connectivity index (χ2n) is 12.5. The van der Waals surface area contributed by atoms with E-state index in [0.29, 0.717) is 69.3 Å². The number of esters is 1. The number of aromatic hydroxyl groups is 1. The zero-order valence-electron chi connectivity index (χ0n) is 27.5. The maximum atomic E-state index is 13.9. The standard InChI is InChI=1S/C34H37Cl2F2N3O8S.H2O/c35-27-18-39-19-28(36)25(27)17-31(22-3-8-30(49-34(37)38)32(15-22)47-20-21-1-2-21)48-33(43)26-16-23(4-7-29(26)42)41(50(44,45)24-5-6-24)10-9-40-11-13-46-14-12-40;/h3-4,7-8,15-16,18-19,21,24,31,34,42H,1-2,5-6,9-14,17,20H2;1H2/t31-;/m0./s1. The molecule has 3 aliphatic rings. The van der Waals surface area contributed by atoms with Crippen LogP contribution in [0.1, 0.15) is 53.3 Å². The molecule has 3 fully saturated rings. The number of rotatable bonds is 16. The van der Waals surface area contributed by atoms with Gasteiger partial charge in [0.15, 0.2) is 23.9 Å². The number of phenols is 1. The lowest BCUT2D eigenvalue weighted by molar-refractivity contribution is -0.377. The van der Waals surface area contributed by atoms with Crippen LogP contribution in [0.4, 0.5) is 14.5 Å². The van der Waals surface area contributed by atoms with Crippen molar-refractivity contribution in [2.45, 2.75) is 50.1 Å². The molecular formula is C34H39Cl2F2N3O9S. The van der Waals surface area contributed by atoms with E-state index in [1.807, 2.05) is 0 Å². The minimum Gasteiger partial charge on any atom is -0.870 e. The maximum absolute atomic E-state index is 13.9. The zero-order valence-corrected chi connectivity index (χ0v) is 29.8. The second-order valence-corrected chi connectivity index (χ2v) is 15.5. The Hall–Kier alpha value is -3.47. The Kier molecular flexibility index (Phi) is 12.8. The normalized spacial score (nSPS) is 17.0. The van der Waals surface area contributed by atoms with Crippen LogP contribution in [0, 0.1) is 5.92 Å². The van der Waals surface area contributed by atoms with Gasteiger partial charge in [-0.1, -0.05) is 29.3 Å². The molecule has 1 atom stereocenters. The van der Waals surface area contributed by atoms with Crippen molar-refractivity contribution >= 4 is 44.9 Å². The number of nitrogens with one attached hydrogen (secondary N) is 1. The van der Waals surface area contributed by atoms with Crippen LogP contribution in [-0.2, 0) is 25.9 Å². The minimum atomic E-state index is -3.75. The van der Waals surface area contributed by atoms with Gasteiger partial charge in [-0.05, 0) is 67.5 Å². The van der Waals surface area contributed by atoms with E-state index < -0.39 is 39.7 Å². The molecule has 51 heavy (non-hydrogen) atoms. The van der Waals surface area contributed by atoms with Crippen molar-refractivity contribution in [3.05, 3.63) is 75.5 Å². The molecule has 1 aliphatic heterocycles. The van der Waals surface area contributed by atoms with Gasteiger partial charge in [-0.15, -0.1) is 0 Å². The Morgan fingerprint density at radius 2 is 1.75 bits per heavy atom. The lowest BCUT2D eigenvalue weighted by Gasteiger charge is -2.31. The Labute approximate surface area is 304 Å². The number of benzene rings is 2. The number of aromatic nitrogens is 1. The Morgan fingerprint density at radius 3 is 2.39 bits per heavy atom. The molecule has 0 unspecified atom stereocenters. The maximum Gasteiger partial charge on any atom is 0.387 e. The van der Waals surface area contributed by atoms with E-state index in [0.717, 1.165) is 12.8 Å². The summed E-state index contributed by atoms with van der Waals surface area (Å²) in [7, 11) is -3.75. The number of anilines is 1. The Balaban J connectivity index is 0.00000504. The van der Waals surface area contributed by atoms with Crippen LogP contribution in [0.25, 0.3) is 0 Å². The summed E-state index contributed by atoms with van der Waals surface area (Å²) in [4.78, 5) is 18.8. The molecule has 2 aliphatic carbocycles. The number of pyridine rings is 1. The monoisotopic (exact) mass is 773 g/mol. The smallest absolute Gasteiger partial charge is 0.387 e. The summed E-state index contributed by atoms with van der Waals surface area (Å²) in [6.07, 6.45) is 4.86. The van der Waals surface area contributed by atoms with Gasteiger partial charge >= 0.3 is 12.6 Å². The van der Waals surface area contributed by atoms with Gasteiger partial charge < -0.3 is 29.5 Å². The average Bonchev–Trinajstić information content (AvgIpc) is 4.01. The number of hydrogen-bond acceptors (Lipinski definition) is 10. The van der Waals surface area contributed by atoms with Crippen molar-refractivity contribution in [3.63, 3.8) is 0 Å². The number of aromatic amines is 1. The first-order valence-corrected chi connectivity index (χ1v) is 18.7. The van der Waals surface area contributed by atoms with Crippen LogP contribution >= 0.6 is 23.2 Å². The molecule has 0 radical (unpaired) electrons. The van der Waals surface area contributed by atoms with Gasteiger partial charge in [0.1, 0.15) is 27.5 Å². The predicted octanol–water partition coefficient (Wildman–Crippen LogP) is 5.50. The molecule has 278 valence electrons. The highest BCUT2D eigenvalue weighted by Crippen LogP contribution is 2.39. The molecular weight excluding hydrogens is 735 g/mol. The van der Waals surface area contributed by atoms with Gasteiger partial charge in [0.25, 0.3) is 0 Å². The van der Waals surface area contributed by atoms with Crippen LogP contribution in [-0.4, -0.2) is 87.7 Å². The zero-order chi connectivity index (χ0) is 35.4. The number of ether oxygens (including phenoxy) is 4. The molecule has 12 nitrogen and oxygen atoms in total. The fourth-order valence-electron chi connectivity index (χ4n) is 5.65. The van der Waals surface area contributed by atoms with Crippen molar-refractivity contribution in [2.24, 2.45) is 5.92 Å². The molecule has 0 spiro atoms.